The quantitative estimate of drug-likeness (QED) is 0.206. The van der Waals surface area contributed by atoms with Crippen LogP contribution in [0.4, 0.5) is 5.69 Å². The number of aryl methyl sites for hydroxylation is 2. The zero-order valence-corrected chi connectivity index (χ0v) is 22.9. The summed E-state index contributed by atoms with van der Waals surface area (Å²) in [5.74, 6) is -1.17. The first-order chi connectivity index (χ1) is 18.0. The second kappa shape index (κ2) is 10.8. The Labute approximate surface area is 227 Å². The van der Waals surface area contributed by atoms with Gasteiger partial charge in [0, 0.05) is 33.3 Å². The van der Waals surface area contributed by atoms with E-state index in [0.29, 0.717) is 22.0 Å². The van der Waals surface area contributed by atoms with Crippen LogP contribution in [0.15, 0.2) is 83.8 Å². The lowest BCUT2D eigenvalue weighted by molar-refractivity contribution is 0.0318. The normalized spacial score (nSPS) is 12.1. The van der Waals surface area contributed by atoms with Crippen LogP contribution in [0.1, 0.15) is 44.6 Å². The molecule has 0 spiro atoms. The second-order valence-electron chi connectivity index (χ2n) is 9.01. The summed E-state index contributed by atoms with van der Waals surface area (Å²) in [6.07, 6.45) is -1.09. The molecule has 0 aliphatic heterocycles. The van der Waals surface area contributed by atoms with Crippen LogP contribution in [0, 0.1) is 20.8 Å². The Morgan fingerprint density at radius 1 is 0.921 bits per heavy atom. The Morgan fingerprint density at radius 3 is 2.24 bits per heavy atom. The van der Waals surface area contributed by atoms with Crippen LogP contribution < -0.4 is 4.72 Å². The van der Waals surface area contributed by atoms with Crippen LogP contribution in [0.3, 0.4) is 0 Å². The summed E-state index contributed by atoms with van der Waals surface area (Å²) >= 11 is 6.00. The van der Waals surface area contributed by atoms with Crippen LogP contribution >= 0.6 is 11.6 Å². The Morgan fingerprint density at radius 2 is 1.58 bits per heavy atom. The molecule has 0 fully saturated rings. The SMILES string of the molecule is Cc1ccc(NS(=O)(=O)c2cccc(C(=O)O[C@H](C)C(=O)c3cc(C)n(-c4ccc(Cl)cc4)c3C)c2)cc1. The van der Waals surface area contributed by atoms with Gasteiger partial charge in [0.15, 0.2) is 6.10 Å². The number of Topliss-reactive ketones (excluding diaryl/α,β-unsaturated/α-hetero) is 1. The van der Waals surface area contributed by atoms with Crippen LogP contribution in [-0.2, 0) is 14.8 Å². The van der Waals surface area contributed by atoms with Crippen molar-refractivity contribution in [1.29, 1.82) is 0 Å². The zero-order chi connectivity index (χ0) is 27.6. The van der Waals surface area contributed by atoms with Crippen molar-refractivity contribution < 1.29 is 22.7 Å². The lowest BCUT2D eigenvalue weighted by atomic mass is 10.1. The van der Waals surface area contributed by atoms with Gasteiger partial charge in [-0.1, -0.05) is 35.4 Å². The van der Waals surface area contributed by atoms with E-state index < -0.39 is 22.1 Å². The summed E-state index contributed by atoms with van der Waals surface area (Å²) in [7, 11) is -3.94. The molecule has 38 heavy (non-hydrogen) atoms. The van der Waals surface area contributed by atoms with Crippen molar-refractivity contribution in [3.8, 4) is 5.69 Å². The average molecular weight is 551 g/mol. The minimum absolute atomic E-state index is 0.0167. The first kappa shape index (κ1) is 27.2. The van der Waals surface area contributed by atoms with Gasteiger partial charge in [-0.3, -0.25) is 9.52 Å². The molecule has 0 amide bonds. The Kier molecular flexibility index (Phi) is 7.76. The van der Waals surface area contributed by atoms with Gasteiger partial charge in [0.05, 0.1) is 10.5 Å². The molecule has 1 atom stereocenters. The lowest BCUT2D eigenvalue weighted by Crippen LogP contribution is -2.25. The van der Waals surface area contributed by atoms with E-state index in [1.807, 2.05) is 37.5 Å². The van der Waals surface area contributed by atoms with E-state index in [-0.39, 0.29) is 16.2 Å². The maximum atomic E-state index is 13.2. The van der Waals surface area contributed by atoms with Crippen molar-refractivity contribution in [2.24, 2.45) is 0 Å². The number of ether oxygens (including phenoxy) is 1. The minimum atomic E-state index is -3.94. The highest BCUT2D eigenvalue weighted by atomic mass is 35.5. The van der Waals surface area contributed by atoms with Crippen molar-refractivity contribution in [2.45, 2.75) is 38.7 Å². The summed E-state index contributed by atoms with van der Waals surface area (Å²) in [5.41, 5.74) is 4.23. The number of nitrogens with one attached hydrogen (secondary N) is 1. The van der Waals surface area contributed by atoms with Crippen molar-refractivity contribution in [3.63, 3.8) is 0 Å². The summed E-state index contributed by atoms with van der Waals surface area (Å²) in [5, 5.41) is 0.607. The highest BCUT2D eigenvalue weighted by Gasteiger charge is 2.25. The number of hydrogen-bond donors (Lipinski definition) is 1. The first-order valence-electron chi connectivity index (χ1n) is 11.9. The molecule has 7 nitrogen and oxygen atoms in total. The molecular weight excluding hydrogens is 524 g/mol. The molecule has 3 aromatic carbocycles. The summed E-state index contributed by atoms with van der Waals surface area (Å²) < 4.78 is 35.6. The van der Waals surface area contributed by atoms with Crippen LogP contribution in [0.5, 0.6) is 0 Å². The Hall–Kier alpha value is -3.88. The predicted octanol–water partition coefficient (Wildman–Crippen LogP) is 6.28. The fraction of sp³-hybridized carbons (Fsp3) is 0.172. The number of aromatic nitrogens is 1. The predicted molar refractivity (Wildman–Crippen MR) is 148 cm³/mol. The van der Waals surface area contributed by atoms with E-state index in [2.05, 4.69) is 4.72 Å². The smallest absolute Gasteiger partial charge is 0.338 e. The molecule has 0 saturated carbocycles. The molecule has 9 heteroatoms. The molecule has 1 heterocycles. The maximum absolute atomic E-state index is 13.2. The maximum Gasteiger partial charge on any atom is 0.338 e. The third kappa shape index (κ3) is 5.82. The zero-order valence-electron chi connectivity index (χ0n) is 21.4. The number of esters is 1. The van der Waals surface area contributed by atoms with Gasteiger partial charge in [-0.2, -0.15) is 0 Å². The van der Waals surface area contributed by atoms with Crippen molar-refractivity contribution >= 4 is 39.1 Å². The number of hydrogen-bond acceptors (Lipinski definition) is 5. The monoisotopic (exact) mass is 550 g/mol. The molecule has 1 aromatic heterocycles. The summed E-state index contributed by atoms with van der Waals surface area (Å²) in [6, 6.07) is 21.4. The fourth-order valence-electron chi connectivity index (χ4n) is 4.13. The topological polar surface area (TPSA) is 94.5 Å². The van der Waals surface area contributed by atoms with Gasteiger partial charge in [-0.05, 0) is 88.4 Å². The molecule has 196 valence electrons. The Balaban J connectivity index is 1.50. The van der Waals surface area contributed by atoms with Gasteiger partial charge in [0.25, 0.3) is 10.0 Å². The number of carbonyl (C=O) groups is 2. The average Bonchev–Trinajstić information content (AvgIpc) is 3.19. The van der Waals surface area contributed by atoms with Gasteiger partial charge in [-0.25, -0.2) is 13.2 Å². The number of halogens is 1. The fourth-order valence-corrected chi connectivity index (χ4v) is 5.36. The summed E-state index contributed by atoms with van der Waals surface area (Å²) in [6.45, 7) is 7.09. The van der Waals surface area contributed by atoms with Crippen LogP contribution in [0.2, 0.25) is 5.02 Å². The molecule has 0 saturated heterocycles. The lowest BCUT2D eigenvalue weighted by Gasteiger charge is -2.14. The standard InChI is InChI=1S/C29H27ClN2O5S/c1-18-8-12-24(13-9-18)31-38(35,36)26-7-5-6-22(17-26)29(34)37-21(4)28(33)27-16-19(2)32(20(27)3)25-14-10-23(30)11-15-25/h5-17,21,31H,1-4H3/t21-/m1/s1. The molecule has 0 aliphatic carbocycles. The van der Waals surface area contributed by atoms with Crippen molar-refractivity contribution in [2.75, 3.05) is 4.72 Å². The largest absolute Gasteiger partial charge is 0.451 e. The van der Waals surface area contributed by atoms with E-state index in [9.17, 15) is 18.0 Å². The second-order valence-corrected chi connectivity index (χ2v) is 11.1. The van der Waals surface area contributed by atoms with Crippen LogP contribution in [0.25, 0.3) is 5.69 Å². The van der Waals surface area contributed by atoms with Crippen LogP contribution in [-0.4, -0.2) is 30.8 Å². The van der Waals surface area contributed by atoms with Gasteiger partial charge >= 0.3 is 5.97 Å². The highest BCUT2D eigenvalue weighted by molar-refractivity contribution is 7.92. The first-order valence-corrected chi connectivity index (χ1v) is 13.7. The Bertz CT molecular complexity index is 1610. The van der Waals surface area contributed by atoms with Gasteiger partial charge < -0.3 is 9.30 Å². The number of carbonyl (C=O) groups excluding carboxylic acids is 2. The summed E-state index contributed by atoms with van der Waals surface area (Å²) in [4.78, 5) is 26.0. The molecule has 0 radical (unpaired) electrons. The third-order valence-electron chi connectivity index (χ3n) is 6.12. The van der Waals surface area contributed by atoms with E-state index >= 15 is 0 Å². The van der Waals surface area contributed by atoms with E-state index in [4.69, 9.17) is 16.3 Å². The van der Waals surface area contributed by atoms with Gasteiger partial charge in [0.1, 0.15) is 0 Å². The third-order valence-corrected chi connectivity index (χ3v) is 7.75. The molecule has 4 aromatic rings. The number of benzene rings is 3. The van der Waals surface area contributed by atoms with Crippen molar-refractivity contribution in [1.82, 2.24) is 4.57 Å². The van der Waals surface area contributed by atoms with E-state index in [1.54, 1.807) is 42.5 Å². The number of rotatable bonds is 8. The molecule has 1 N–H and O–H groups in total. The number of sulfonamides is 1. The molecular formula is C29H27ClN2O5S. The van der Waals surface area contributed by atoms with Gasteiger partial charge in [0.2, 0.25) is 5.78 Å². The van der Waals surface area contributed by atoms with E-state index in [0.717, 1.165) is 16.9 Å². The number of nitrogens with zero attached hydrogens (tertiary/aromatic N) is 1. The van der Waals surface area contributed by atoms with Gasteiger partial charge in [-0.15, -0.1) is 0 Å². The number of ketones is 1. The molecule has 0 aliphatic rings. The molecule has 4 rings (SSSR count). The minimum Gasteiger partial charge on any atom is -0.451 e. The highest BCUT2D eigenvalue weighted by Crippen LogP contribution is 2.24. The van der Waals surface area contributed by atoms with Crippen molar-refractivity contribution in [3.05, 3.63) is 112 Å². The van der Waals surface area contributed by atoms with E-state index in [1.165, 1.54) is 31.2 Å². The molecule has 0 bridgehead atoms. The number of anilines is 1. The molecule has 0 unspecified atom stereocenters.